The molecular weight excluding hydrogens is 392 g/mol. The molecule has 0 unspecified atom stereocenters. The van der Waals surface area contributed by atoms with Crippen LogP contribution >= 0.6 is 0 Å². The molecule has 0 aromatic rings. The molecule has 3 rings (SSSR count). The second-order valence-electron chi connectivity index (χ2n) is 7.64. The van der Waals surface area contributed by atoms with E-state index in [1.54, 1.807) is 6.92 Å². The van der Waals surface area contributed by atoms with Gasteiger partial charge in [-0.2, -0.15) is 0 Å². The van der Waals surface area contributed by atoms with Gasteiger partial charge in [-0.1, -0.05) is 6.92 Å². The molecule has 10 atom stereocenters. The fraction of sp³-hybridized carbons (Fsp3) is 0.778. The van der Waals surface area contributed by atoms with Crippen LogP contribution in [0.25, 0.3) is 0 Å². The Bertz CT molecular complexity index is 662. The summed E-state index contributed by atoms with van der Waals surface area (Å²) in [6.07, 6.45) is -7.66. The number of fused-ring (bicyclic) bond motifs is 1. The highest BCUT2D eigenvalue weighted by atomic mass is 16.8. The summed E-state index contributed by atoms with van der Waals surface area (Å²) in [6.45, 7) is 2.42. The van der Waals surface area contributed by atoms with Gasteiger partial charge in [0.2, 0.25) is 6.29 Å². The highest BCUT2D eigenvalue weighted by Crippen LogP contribution is 2.48. The zero-order valence-corrected chi connectivity index (χ0v) is 16.0. The fourth-order valence-corrected chi connectivity index (χ4v) is 4.34. The van der Waals surface area contributed by atoms with Crippen molar-refractivity contribution in [3.05, 3.63) is 11.8 Å². The predicted molar refractivity (Wildman–Crippen MR) is 91.8 cm³/mol. The van der Waals surface area contributed by atoms with Gasteiger partial charge in [0.25, 0.3) is 0 Å². The number of carbonyl (C=O) groups excluding carboxylic acids is 1. The summed E-state index contributed by atoms with van der Waals surface area (Å²) in [5.74, 6) is -3.06. The average Bonchev–Trinajstić information content (AvgIpc) is 2.98. The summed E-state index contributed by atoms with van der Waals surface area (Å²) >= 11 is 0. The number of carbonyl (C=O) groups is 2. The number of carboxylic acids is 1. The van der Waals surface area contributed by atoms with Crippen molar-refractivity contribution < 1.29 is 54.1 Å². The Morgan fingerprint density at radius 3 is 2.45 bits per heavy atom. The summed E-state index contributed by atoms with van der Waals surface area (Å²) in [6, 6.07) is 0. The number of aliphatic carboxylic acids is 1. The molecule has 3 aliphatic rings. The predicted octanol–water partition coefficient (Wildman–Crippen LogP) is -1.67. The first-order chi connectivity index (χ1) is 13.6. The molecule has 5 N–H and O–H groups in total. The maximum absolute atomic E-state index is 11.6. The van der Waals surface area contributed by atoms with Gasteiger partial charge in [-0.25, -0.2) is 4.79 Å². The van der Waals surface area contributed by atoms with Gasteiger partial charge in [-0.15, -0.1) is 0 Å². The summed E-state index contributed by atoms with van der Waals surface area (Å²) in [4.78, 5) is 23.0. The molecule has 2 heterocycles. The average molecular weight is 418 g/mol. The van der Waals surface area contributed by atoms with Gasteiger partial charge in [0.15, 0.2) is 6.29 Å². The lowest BCUT2D eigenvalue weighted by Crippen LogP contribution is -2.60. The third kappa shape index (κ3) is 4.11. The van der Waals surface area contributed by atoms with E-state index in [0.717, 1.165) is 6.26 Å². The van der Waals surface area contributed by atoms with Crippen LogP contribution in [0, 0.1) is 17.8 Å². The molecule has 0 amide bonds. The molecule has 11 heteroatoms. The molecule has 0 aromatic carbocycles. The second-order valence-corrected chi connectivity index (χ2v) is 7.64. The number of esters is 1. The summed E-state index contributed by atoms with van der Waals surface area (Å²) in [7, 11) is 0. The van der Waals surface area contributed by atoms with Gasteiger partial charge < -0.3 is 44.5 Å². The minimum atomic E-state index is -1.62. The highest BCUT2D eigenvalue weighted by molar-refractivity contribution is 5.87. The van der Waals surface area contributed by atoms with E-state index in [0.29, 0.717) is 0 Å². The zero-order valence-electron chi connectivity index (χ0n) is 16.0. The monoisotopic (exact) mass is 418 g/mol. The number of ether oxygens (including phenoxy) is 4. The van der Waals surface area contributed by atoms with Gasteiger partial charge in [-0.3, -0.25) is 4.79 Å². The van der Waals surface area contributed by atoms with E-state index >= 15 is 0 Å². The third-order valence-corrected chi connectivity index (χ3v) is 5.87. The lowest BCUT2D eigenvalue weighted by Gasteiger charge is -2.43. The number of carboxylic acid groups (broad SMARTS) is 1. The molecule has 0 radical (unpaired) electrons. The van der Waals surface area contributed by atoms with Crippen LogP contribution < -0.4 is 0 Å². The normalized spacial score (nSPS) is 44.4. The van der Waals surface area contributed by atoms with Crippen molar-refractivity contribution in [1.29, 1.82) is 0 Å². The Kier molecular flexibility index (Phi) is 6.46. The number of rotatable bonds is 5. The molecule has 1 saturated carbocycles. The Hall–Kier alpha value is -1.76. The Morgan fingerprint density at radius 2 is 1.86 bits per heavy atom. The number of hydrogen-bond donors (Lipinski definition) is 5. The third-order valence-electron chi connectivity index (χ3n) is 5.87. The molecule has 164 valence electrons. The number of hydrogen-bond acceptors (Lipinski definition) is 10. The number of aliphatic hydroxyl groups excluding tert-OH is 4. The largest absolute Gasteiger partial charge is 0.478 e. The van der Waals surface area contributed by atoms with Crippen molar-refractivity contribution in [3.8, 4) is 0 Å². The van der Waals surface area contributed by atoms with E-state index in [4.69, 9.17) is 18.9 Å². The quantitative estimate of drug-likeness (QED) is 0.323. The summed E-state index contributed by atoms with van der Waals surface area (Å²) in [5.41, 5.74) is 0.0187. The van der Waals surface area contributed by atoms with Crippen molar-refractivity contribution in [1.82, 2.24) is 0 Å². The Balaban J connectivity index is 1.82. The van der Waals surface area contributed by atoms with Gasteiger partial charge in [0.05, 0.1) is 18.4 Å². The lowest BCUT2D eigenvalue weighted by atomic mass is 9.83. The Morgan fingerprint density at radius 1 is 1.17 bits per heavy atom. The summed E-state index contributed by atoms with van der Waals surface area (Å²) in [5, 5.41) is 48.8. The molecule has 0 aromatic heterocycles. The number of aliphatic hydroxyl groups is 4. The van der Waals surface area contributed by atoms with Gasteiger partial charge >= 0.3 is 11.9 Å². The molecule has 2 aliphatic heterocycles. The topological polar surface area (TPSA) is 172 Å². The van der Waals surface area contributed by atoms with Crippen LogP contribution in [0.3, 0.4) is 0 Å². The van der Waals surface area contributed by atoms with Crippen LogP contribution in [0.4, 0.5) is 0 Å². The molecule has 11 nitrogen and oxygen atoms in total. The minimum Gasteiger partial charge on any atom is -0.478 e. The van der Waals surface area contributed by atoms with Gasteiger partial charge in [-0.05, 0) is 6.42 Å². The molecule has 1 saturated heterocycles. The lowest BCUT2D eigenvalue weighted by molar-refractivity contribution is -0.342. The van der Waals surface area contributed by atoms with Crippen LogP contribution in [0.15, 0.2) is 11.8 Å². The highest BCUT2D eigenvalue weighted by Gasteiger charge is 2.54. The molecule has 0 spiro atoms. The SMILES string of the molecule is CC(=O)O[C@H]1C[C@@H]2C(C(=O)O)=CO[C@@H](O[C@@H]3O[C@H](CO)[C@@H](O)[C@H](O)[C@H]3O)[C@@H]2[C@@H]1C. The van der Waals surface area contributed by atoms with E-state index in [1.807, 2.05) is 0 Å². The molecule has 29 heavy (non-hydrogen) atoms. The van der Waals surface area contributed by atoms with Crippen LogP contribution in [0.1, 0.15) is 20.3 Å². The van der Waals surface area contributed by atoms with Crippen molar-refractivity contribution in [2.75, 3.05) is 6.61 Å². The fourth-order valence-electron chi connectivity index (χ4n) is 4.34. The van der Waals surface area contributed by atoms with E-state index in [-0.39, 0.29) is 17.9 Å². The van der Waals surface area contributed by atoms with E-state index in [2.05, 4.69) is 0 Å². The van der Waals surface area contributed by atoms with Crippen LogP contribution in [-0.2, 0) is 28.5 Å². The molecule has 2 fully saturated rings. The van der Waals surface area contributed by atoms with Gasteiger partial charge in [0.1, 0.15) is 30.5 Å². The van der Waals surface area contributed by atoms with E-state index in [1.165, 1.54) is 6.92 Å². The Labute approximate surface area is 166 Å². The van der Waals surface area contributed by atoms with E-state index in [9.17, 15) is 35.1 Å². The standard InChI is InChI=1S/C18H26O11/c1-6-10(27-7(2)20)3-8-9(16(24)25)5-26-17(12(6)8)29-18-15(23)14(22)13(21)11(4-19)28-18/h5-6,8,10-15,17-19,21-23H,3-4H2,1-2H3,(H,24,25)/t6-,8-,10+,11-,12-,13-,14+,15-,17+,18+/m1/s1. The summed E-state index contributed by atoms with van der Waals surface area (Å²) < 4.78 is 21.8. The molecular formula is C18H26O11. The zero-order chi connectivity index (χ0) is 21.5. The van der Waals surface area contributed by atoms with Crippen LogP contribution in [-0.4, -0.2) is 87.2 Å². The smallest absolute Gasteiger partial charge is 0.334 e. The maximum Gasteiger partial charge on any atom is 0.334 e. The van der Waals surface area contributed by atoms with Gasteiger partial charge in [0, 0.05) is 24.7 Å². The van der Waals surface area contributed by atoms with Crippen LogP contribution in [0.2, 0.25) is 0 Å². The molecule has 0 bridgehead atoms. The second kappa shape index (κ2) is 8.54. The molecule has 1 aliphatic carbocycles. The van der Waals surface area contributed by atoms with E-state index < -0.39 is 73.5 Å². The van der Waals surface area contributed by atoms with Crippen molar-refractivity contribution >= 4 is 11.9 Å². The first-order valence-electron chi connectivity index (χ1n) is 9.37. The first-order valence-corrected chi connectivity index (χ1v) is 9.37. The minimum absolute atomic E-state index is 0.0187. The van der Waals surface area contributed by atoms with Crippen molar-refractivity contribution in [3.63, 3.8) is 0 Å². The van der Waals surface area contributed by atoms with Crippen molar-refractivity contribution in [2.24, 2.45) is 17.8 Å². The van der Waals surface area contributed by atoms with Crippen LogP contribution in [0.5, 0.6) is 0 Å². The maximum atomic E-state index is 11.6. The first kappa shape index (κ1) is 21.9. The van der Waals surface area contributed by atoms with Crippen molar-refractivity contribution in [2.45, 2.75) is 63.4 Å².